The molecule has 2 bridgehead atoms. The molecule has 0 radical (unpaired) electrons. The number of ether oxygens (including phenoxy) is 1. The summed E-state index contributed by atoms with van der Waals surface area (Å²) < 4.78 is 40.9. The maximum Gasteiger partial charge on any atom is 0.171 e. The third-order valence-corrected chi connectivity index (χ3v) is 11.3. The van der Waals surface area contributed by atoms with Gasteiger partial charge in [-0.25, -0.2) is 8.78 Å². The van der Waals surface area contributed by atoms with Gasteiger partial charge in [0, 0.05) is 29.5 Å². The molecule has 2 aliphatic heterocycles. The van der Waals surface area contributed by atoms with Gasteiger partial charge in [0.15, 0.2) is 5.67 Å². The number of benzene rings is 1. The van der Waals surface area contributed by atoms with Gasteiger partial charge in [-0.15, -0.1) is 0 Å². The van der Waals surface area contributed by atoms with Crippen LogP contribution in [0.3, 0.4) is 0 Å². The summed E-state index contributed by atoms with van der Waals surface area (Å²) in [5.74, 6) is -0.129. The van der Waals surface area contributed by atoms with E-state index in [1.54, 1.807) is 0 Å². The fourth-order valence-corrected chi connectivity index (χ4v) is 9.29. The number of likely N-dealkylation sites (N-methyl/N-ethyl adjacent to an activating group) is 1. The Morgan fingerprint density at radius 1 is 1.14 bits per heavy atom. The number of hydrogen-bond donors (Lipinski definition) is 3. The number of alkyl halides is 2. The second-order valence-corrected chi connectivity index (χ2v) is 13.1. The Labute approximate surface area is 216 Å². The predicted molar refractivity (Wildman–Crippen MR) is 136 cm³/mol. The lowest BCUT2D eigenvalue weighted by molar-refractivity contribution is -0.347. The Hall–Kier alpha value is -1.87. The van der Waals surface area contributed by atoms with Gasteiger partial charge in [0.2, 0.25) is 0 Å². The van der Waals surface area contributed by atoms with Crippen LogP contribution >= 0.6 is 0 Å². The van der Waals surface area contributed by atoms with Gasteiger partial charge in [-0.2, -0.15) is 5.10 Å². The van der Waals surface area contributed by atoms with Crippen molar-refractivity contribution in [3.05, 3.63) is 35.5 Å². The number of allylic oxidation sites excluding steroid dienone is 2. The van der Waals surface area contributed by atoms with Crippen LogP contribution < -0.4 is 0 Å². The van der Waals surface area contributed by atoms with Gasteiger partial charge in [0.25, 0.3) is 0 Å². The quantitative estimate of drug-likeness (QED) is 0.560. The molecular weight excluding hydrogens is 476 g/mol. The molecule has 37 heavy (non-hydrogen) atoms. The Morgan fingerprint density at radius 3 is 2.68 bits per heavy atom. The van der Waals surface area contributed by atoms with Crippen molar-refractivity contribution >= 4 is 16.5 Å². The second-order valence-electron chi connectivity index (χ2n) is 13.1. The summed E-state index contributed by atoms with van der Waals surface area (Å²) in [6.45, 7) is 4.23. The fraction of sp³-hybridized carbons (Fsp3) is 0.690. The fourth-order valence-electron chi connectivity index (χ4n) is 9.29. The van der Waals surface area contributed by atoms with E-state index < -0.39 is 47.2 Å². The summed E-state index contributed by atoms with van der Waals surface area (Å²) in [7, 11) is 3.63. The molecule has 3 heterocycles. The van der Waals surface area contributed by atoms with Crippen LogP contribution in [-0.4, -0.2) is 80.2 Å². The summed E-state index contributed by atoms with van der Waals surface area (Å²) >= 11 is 0. The van der Waals surface area contributed by atoms with Gasteiger partial charge >= 0.3 is 0 Å². The van der Waals surface area contributed by atoms with E-state index in [9.17, 15) is 10.2 Å². The first kappa shape index (κ1) is 24.2. The molecule has 3 unspecified atom stereocenters. The third kappa shape index (κ3) is 2.70. The van der Waals surface area contributed by atoms with Gasteiger partial charge in [-0.1, -0.05) is 25.1 Å². The number of aromatic nitrogens is 2. The summed E-state index contributed by atoms with van der Waals surface area (Å²) in [5.41, 5.74) is -2.71. The predicted octanol–water partition coefficient (Wildman–Crippen LogP) is 4.24. The Kier molecular flexibility index (Phi) is 4.71. The van der Waals surface area contributed by atoms with Crippen molar-refractivity contribution in [3.63, 3.8) is 0 Å². The monoisotopic (exact) mass is 513 g/mol. The zero-order chi connectivity index (χ0) is 26.2. The highest BCUT2D eigenvalue weighted by molar-refractivity contribution is 5.86. The number of aromatic amines is 1. The van der Waals surface area contributed by atoms with E-state index in [0.29, 0.717) is 25.7 Å². The van der Waals surface area contributed by atoms with E-state index >= 15 is 8.78 Å². The van der Waals surface area contributed by atoms with Crippen molar-refractivity contribution in [2.24, 2.45) is 11.3 Å². The molecule has 200 valence electrons. The lowest BCUT2D eigenvalue weighted by Gasteiger charge is -2.65. The van der Waals surface area contributed by atoms with Crippen LogP contribution in [0.5, 0.6) is 0 Å². The number of halogens is 2. The standard InChI is InChI=1S/C29H37F2N3O3/c1-16-18-6-5-17(13-20(18)33-32-16)19-7-8-22-25(19,2)9-10-26(30)15-28(31)24(36)23(35)21(34(3)4)14-27(28)11-12-29(22,26)37-27/h5-7,13,21-24,35-36H,8-12,14-15H2,1-4H3,(H,32,33)/t21-,22?,23+,24-,25+,26?,27+,28?,29-/m0/s1. The first-order chi connectivity index (χ1) is 17.4. The number of H-pyrrole nitrogens is 1. The van der Waals surface area contributed by atoms with Crippen LogP contribution in [0.15, 0.2) is 24.3 Å². The first-order valence-electron chi connectivity index (χ1n) is 13.7. The molecule has 8 heteroatoms. The molecule has 2 saturated heterocycles. The molecule has 0 amide bonds. The lowest BCUT2D eigenvalue weighted by atomic mass is 9.51. The van der Waals surface area contributed by atoms with Crippen molar-refractivity contribution in [2.75, 3.05) is 14.1 Å². The zero-order valence-corrected chi connectivity index (χ0v) is 22.0. The van der Waals surface area contributed by atoms with Crippen LogP contribution in [-0.2, 0) is 4.74 Å². The number of aryl methyl sites for hydroxylation is 1. The first-order valence-corrected chi connectivity index (χ1v) is 13.7. The molecule has 2 saturated carbocycles. The SMILES string of the molecule is Cc1[nH]nc2cc(C3=CCC4[C@@]56CC[C@]7(C[C@H](N(C)C)[C@@H](O)[C@H](O)C7(F)CC5(F)CC[C@]34C)O6)ccc12. The number of aliphatic hydroxyl groups excluding tert-OH is 2. The molecule has 6 nitrogen and oxygen atoms in total. The van der Waals surface area contributed by atoms with Crippen LogP contribution in [0, 0.1) is 18.3 Å². The molecule has 4 fully saturated rings. The van der Waals surface area contributed by atoms with E-state index in [1.807, 2.05) is 25.9 Å². The van der Waals surface area contributed by atoms with Gasteiger partial charge in [-0.05, 0) is 82.2 Å². The van der Waals surface area contributed by atoms with Crippen LogP contribution in [0.1, 0.15) is 63.1 Å². The average molecular weight is 514 g/mol. The lowest BCUT2D eigenvalue weighted by Crippen LogP contribution is -2.78. The Morgan fingerprint density at radius 2 is 1.92 bits per heavy atom. The molecule has 1 aromatic heterocycles. The number of nitrogens with one attached hydrogen (secondary N) is 1. The van der Waals surface area contributed by atoms with E-state index in [-0.39, 0.29) is 24.2 Å². The van der Waals surface area contributed by atoms with Crippen LogP contribution in [0.25, 0.3) is 16.5 Å². The van der Waals surface area contributed by atoms with Gasteiger partial charge < -0.3 is 19.8 Å². The maximum atomic E-state index is 17.2. The molecule has 5 aliphatic rings. The summed E-state index contributed by atoms with van der Waals surface area (Å²) in [6.07, 6.45) is 1.28. The highest BCUT2D eigenvalue weighted by Gasteiger charge is 2.82. The van der Waals surface area contributed by atoms with Crippen LogP contribution in [0.2, 0.25) is 0 Å². The van der Waals surface area contributed by atoms with Gasteiger partial charge in [0.1, 0.15) is 23.0 Å². The maximum absolute atomic E-state index is 17.2. The average Bonchev–Trinajstić information content (AvgIpc) is 3.52. The highest BCUT2D eigenvalue weighted by Crippen LogP contribution is 2.74. The molecule has 9 atom stereocenters. The molecule has 2 spiro atoms. The van der Waals surface area contributed by atoms with Crippen molar-refractivity contribution in [3.8, 4) is 0 Å². The second kappa shape index (κ2) is 7.20. The zero-order valence-electron chi connectivity index (χ0n) is 22.0. The van der Waals surface area contributed by atoms with Crippen molar-refractivity contribution < 1.29 is 23.7 Å². The van der Waals surface area contributed by atoms with E-state index in [0.717, 1.165) is 22.2 Å². The van der Waals surface area contributed by atoms with Crippen molar-refractivity contribution in [2.45, 2.75) is 99.6 Å². The minimum atomic E-state index is -2.32. The summed E-state index contributed by atoms with van der Waals surface area (Å²) in [5, 5.41) is 30.5. The van der Waals surface area contributed by atoms with E-state index in [4.69, 9.17) is 4.74 Å². The highest BCUT2D eigenvalue weighted by atomic mass is 19.2. The topological polar surface area (TPSA) is 81.6 Å². The normalized spacial score (nSPS) is 48.6. The minimum Gasteiger partial charge on any atom is -0.389 e. The summed E-state index contributed by atoms with van der Waals surface area (Å²) in [6, 6.07) is 5.87. The number of fused-ring (bicyclic) bond motifs is 2. The van der Waals surface area contributed by atoms with E-state index in [2.05, 4.69) is 41.4 Å². The Balaban J connectivity index is 1.29. The molecule has 2 aromatic rings. The molecule has 7 rings (SSSR count). The van der Waals surface area contributed by atoms with Crippen molar-refractivity contribution in [1.29, 1.82) is 0 Å². The molecule has 3 N–H and O–H groups in total. The molecule has 3 aliphatic carbocycles. The smallest absolute Gasteiger partial charge is 0.171 e. The minimum absolute atomic E-state index is 0.129. The number of nitrogens with zero attached hydrogens (tertiary/aromatic N) is 2. The number of aliphatic hydroxyl groups is 2. The Bertz CT molecular complexity index is 1330. The van der Waals surface area contributed by atoms with Gasteiger partial charge in [0.05, 0.1) is 11.6 Å². The third-order valence-electron chi connectivity index (χ3n) is 11.3. The van der Waals surface area contributed by atoms with Crippen LogP contribution in [0.4, 0.5) is 8.78 Å². The number of hydrogen-bond acceptors (Lipinski definition) is 5. The number of rotatable bonds is 2. The van der Waals surface area contributed by atoms with Gasteiger partial charge in [-0.3, -0.25) is 5.10 Å². The largest absolute Gasteiger partial charge is 0.389 e. The van der Waals surface area contributed by atoms with E-state index in [1.165, 1.54) is 5.57 Å². The molecular formula is C29H37F2N3O3. The van der Waals surface area contributed by atoms with Crippen molar-refractivity contribution in [1.82, 2.24) is 15.1 Å². The summed E-state index contributed by atoms with van der Waals surface area (Å²) in [4.78, 5) is 1.82. The molecule has 1 aromatic carbocycles.